The number of pyridine rings is 1. The molecule has 2 aromatic heterocycles. The quantitative estimate of drug-likeness (QED) is 0.464. The van der Waals surface area contributed by atoms with Crippen molar-refractivity contribution in [1.82, 2.24) is 20.5 Å². The highest BCUT2D eigenvalue weighted by Gasteiger charge is 2.25. The van der Waals surface area contributed by atoms with Crippen molar-refractivity contribution in [2.45, 2.75) is 6.42 Å². The van der Waals surface area contributed by atoms with Crippen LogP contribution in [0.4, 0.5) is 11.5 Å². The van der Waals surface area contributed by atoms with E-state index >= 15 is 0 Å². The van der Waals surface area contributed by atoms with Crippen molar-refractivity contribution < 1.29 is 4.74 Å². The van der Waals surface area contributed by atoms with Crippen molar-refractivity contribution in [2.75, 3.05) is 43.9 Å². The number of anilines is 2. The van der Waals surface area contributed by atoms with Crippen molar-refractivity contribution in [3.05, 3.63) is 65.9 Å². The predicted octanol–water partition coefficient (Wildman–Crippen LogP) is 3.22. The first-order valence-electron chi connectivity index (χ1n) is 10.5. The van der Waals surface area contributed by atoms with E-state index < -0.39 is 0 Å². The Kier molecular flexibility index (Phi) is 5.18. The van der Waals surface area contributed by atoms with Gasteiger partial charge in [-0.25, -0.2) is 4.98 Å². The standard InChI is InChI=1S/C24H26N6O/c1-31-18-9-7-16(8-10-18)15-19-20(17-5-3-2-4-6-17)22(30-13-11-26-12-14-30)21-23(25)28-29-24(21)27-19/h2-10,26H,11-15H2,1H3,(H3,25,27,28,29). The Bertz CT molecular complexity index is 1180. The van der Waals surface area contributed by atoms with Gasteiger partial charge in [-0.3, -0.25) is 5.10 Å². The molecule has 4 aromatic rings. The Morgan fingerprint density at radius 2 is 1.77 bits per heavy atom. The minimum absolute atomic E-state index is 0.490. The van der Waals surface area contributed by atoms with Crippen LogP contribution in [0.25, 0.3) is 22.2 Å². The second kappa shape index (κ2) is 8.28. The number of hydrogen-bond acceptors (Lipinski definition) is 6. The molecule has 7 nitrogen and oxygen atoms in total. The zero-order valence-electron chi connectivity index (χ0n) is 17.6. The maximum atomic E-state index is 6.33. The van der Waals surface area contributed by atoms with E-state index in [2.05, 4.69) is 56.8 Å². The largest absolute Gasteiger partial charge is 0.497 e. The fourth-order valence-corrected chi connectivity index (χ4v) is 4.29. The van der Waals surface area contributed by atoms with E-state index in [4.69, 9.17) is 15.5 Å². The number of rotatable bonds is 5. The van der Waals surface area contributed by atoms with E-state index in [0.29, 0.717) is 12.2 Å². The summed E-state index contributed by atoms with van der Waals surface area (Å²) in [5, 5.41) is 11.7. The number of nitrogens with two attached hydrogens (primary N) is 1. The first-order valence-corrected chi connectivity index (χ1v) is 10.5. The van der Waals surface area contributed by atoms with Crippen molar-refractivity contribution in [3.8, 4) is 16.9 Å². The number of nitrogens with one attached hydrogen (secondary N) is 2. The molecular formula is C24H26N6O. The first-order chi connectivity index (χ1) is 15.2. The highest BCUT2D eigenvalue weighted by molar-refractivity contribution is 6.05. The average molecular weight is 415 g/mol. The van der Waals surface area contributed by atoms with Gasteiger partial charge in [0.15, 0.2) is 11.5 Å². The van der Waals surface area contributed by atoms with E-state index in [1.165, 1.54) is 5.56 Å². The van der Waals surface area contributed by atoms with Gasteiger partial charge in [-0.05, 0) is 23.3 Å². The van der Waals surface area contributed by atoms with Crippen molar-refractivity contribution >= 4 is 22.5 Å². The molecule has 0 bridgehead atoms. The van der Waals surface area contributed by atoms with Crippen LogP contribution >= 0.6 is 0 Å². The molecule has 2 aromatic carbocycles. The van der Waals surface area contributed by atoms with Gasteiger partial charge in [-0.2, -0.15) is 5.10 Å². The van der Waals surface area contributed by atoms with Gasteiger partial charge in [0, 0.05) is 38.2 Å². The van der Waals surface area contributed by atoms with E-state index in [1.54, 1.807) is 7.11 Å². The number of nitrogen functional groups attached to an aromatic ring is 1. The van der Waals surface area contributed by atoms with Crippen LogP contribution in [0.5, 0.6) is 5.75 Å². The van der Waals surface area contributed by atoms with Gasteiger partial charge in [-0.15, -0.1) is 0 Å². The van der Waals surface area contributed by atoms with E-state index in [-0.39, 0.29) is 0 Å². The third-order valence-corrected chi connectivity index (χ3v) is 5.81. The molecule has 1 aliphatic rings. The number of aromatic amines is 1. The fraction of sp³-hybridized carbons (Fsp3) is 0.250. The lowest BCUT2D eigenvalue weighted by Crippen LogP contribution is -2.44. The number of aromatic nitrogens is 3. The van der Waals surface area contributed by atoms with Gasteiger partial charge in [0.05, 0.1) is 23.9 Å². The Labute approximate surface area is 181 Å². The van der Waals surface area contributed by atoms with Crippen LogP contribution in [0.2, 0.25) is 0 Å². The minimum atomic E-state index is 0.490. The van der Waals surface area contributed by atoms with Crippen molar-refractivity contribution in [2.24, 2.45) is 0 Å². The second-order valence-electron chi connectivity index (χ2n) is 7.74. The molecule has 0 radical (unpaired) electrons. The van der Waals surface area contributed by atoms with Crippen LogP contribution in [-0.4, -0.2) is 48.5 Å². The smallest absolute Gasteiger partial charge is 0.159 e. The summed E-state index contributed by atoms with van der Waals surface area (Å²) in [6.45, 7) is 3.68. The average Bonchev–Trinajstić information content (AvgIpc) is 3.20. The maximum absolute atomic E-state index is 6.33. The van der Waals surface area contributed by atoms with Crippen molar-refractivity contribution in [1.29, 1.82) is 0 Å². The normalized spacial score (nSPS) is 14.2. The van der Waals surface area contributed by atoms with Gasteiger partial charge < -0.3 is 20.7 Å². The molecule has 0 unspecified atom stereocenters. The van der Waals surface area contributed by atoms with Crippen LogP contribution in [0.15, 0.2) is 54.6 Å². The van der Waals surface area contributed by atoms with Crippen LogP contribution in [0.1, 0.15) is 11.3 Å². The molecule has 3 heterocycles. The molecule has 7 heteroatoms. The predicted molar refractivity (Wildman–Crippen MR) is 125 cm³/mol. The van der Waals surface area contributed by atoms with Crippen LogP contribution < -0.4 is 20.7 Å². The summed E-state index contributed by atoms with van der Waals surface area (Å²) in [5.74, 6) is 1.34. The molecule has 31 heavy (non-hydrogen) atoms. The monoisotopic (exact) mass is 414 g/mol. The maximum Gasteiger partial charge on any atom is 0.159 e. The zero-order chi connectivity index (χ0) is 21.2. The van der Waals surface area contributed by atoms with Crippen LogP contribution in [0.3, 0.4) is 0 Å². The molecule has 158 valence electrons. The number of ether oxygens (including phenoxy) is 1. The number of hydrogen-bond donors (Lipinski definition) is 3. The topological polar surface area (TPSA) is 92.1 Å². The second-order valence-corrected chi connectivity index (χ2v) is 7.74. The summed E-state index contributed by atoms with van der Waals surface area (Å²) >= 11 is 0. The molecular weight excluding hydrogens is 388 g/mol. The Morgan fingerprint density at radius 3 is 2.48 bits per heavy atom. The third kappa shape index (κ3) is 3.68. The minimum Gasteiger partial charge on any atom is -0.497 e. The Morgan fingerprint density at radius 1 is 1.03 bits per heavy atom. The summed E-state index contributed by atoms with van der Waals surface area (Å²) in [4.78, 5) is 7.40. The molecule has 0 spiro atoms. The van der Waals surface area contributed by atoms with Gasteiger partial charge >= 0.3 is 0 Å². The summed E-state index contributed by atoms with van der Waals surface area (Å²) in [7, 11) is 1.68. The lowest BCUT2D eigenvalue weighted by molar-refractivity contribution is 0.414. The highest BCUT2D eigenvalue weighted by atomic mass is 16.5. The van der Waals surface area contributed by atoms with E-state index in [0.717, 1.165) is 65.5 Å². The molecule has 5 rings (SSSR count). The van der Waals surface area contributed by atoms with Gasteiger partial charge in [0.25, 0.3) is 0 Å². The van der Waals surface area contributed by atoms with E-state index in [9.17, 15) is 0 Å². The third-order valence-electron chi connectivity index (χ3n) is 5.81. The number of fused-ring (bicyclic) bond motifs is 1. The molecule has 0 aliphatic carbocycles. The van der Waals surface area contributed by atoms with Crippen LogP contribution in [-0.2, 0) is 6.42 Å². The Balaban J connectivity index is 1.73. The highest BCUT2D eigenvalue weighted by Crippen LogP contribution is 2.41. The number of methoxy groups -OCH3 is 1. The lowest BCUT2D eigenvalue weighted by Gasteiger charge is -2.32. The molecule has 1 saturated heterocycles. The summed E-state index contributed by atoms with van der Waals surface area (Å²) in [6, 6.07) is 18.6. The van der Waals surface area contributed by atoms with Gasteiger partial charge in [0.1, 0.15) is 5.75 Å². The Hall–Kier alpha value is -3.58. The molecule has 1 aliphatic heterocycles. The number of piperazine rings is 1. The number of benzene rings is 2. The van der Waals surface area contributed by atoms with Crippen molar-refractivity contribution in [3.63, 3.8) is 0 Å². The summed E-state index contributed by atoms with van der Waals surface area (Å²) in [5.41, 5.74) is 12.6. The van der Waals surface area contributed by atoms with Gasteiger partial charge in [0.2, 0.25) is 0 Å². The molecule has 0 atom stereocenters. The molecule has 0 saturated carbocycles. The van der Waals surface area contributed by atoms with E-state index in [1.807, 2.05) is 18.2 Å². The molecule has 4 N–H and O–H groups in total. The number of nitrogens with zero attached hydrogens (tertiary/aromatic N) is 3. The fourth-order valence-electron chi connectivity index (χ4n) is 4.29. The molecule has 0 amide bonds. The SMILES string of the molecule is COc1ccc(Cc2nc3[nH]nc(N)c3c(N3CCNCC3)c2-c2ccccc2)cc1. The summed E-state index contributed by atoms with van der Waals surface area (Å²) in [6.07, 6.45) is 0.697. The lowest BCUT2D eigenvalue weighted by atomic mass is 9.95. The first kappa shape index (κ1) is 19.4. The zero-order valence-corrected chi connectivity index (χ0v) is 17.6. The molecule has 1 fully saturated rings. The van der Waals surface area contributed by atoms with Crippen LogP contribution in [0, 0.1) is 0 Å². The number of H-pyrrole nitrogens is 1. The van der Waals surface area contributed by atoms with Gasteiger partial charge in [-0.1, -0.05) is 42.5 Å². The summed E-state index contributed by atoms with van der Waals surface area (Å²) < 4.78 is 5.32.